The summed E-state index contributed by atoms with van der Waals surface area (Å²) >= 11 is 0. The molecule has 106 valence electrons. The van der Waals surface area contributed by atoms with Crippen LogP contribution in [-0.2, 0) is 13.1 Å². The highest BCUT2D eigenvalue weighted by atomic mass is 15.3. The maximum absolute atomic E-state index is 5.41. The number of hydrogen-bond donors (Lipinski definition) is 2. The van der Waals surface area contributed by atoms with Crippen LogP contribution in [0.4, 0.5) is 5.82 Å². The number of aromatic nitrogens is 2. The van der Waals surface area contributed by atoms with Gasteiger partial charge in [0.2, 0.25) is 0 Å². The highest BCUT2D eigenvalue weighted by Crippen LogP contribution is 2.12. The summed E-state index contributed by atoms with van der Waals surface area (Å²) in [5.41, 5.74) is 6.10. The average molecular weight is 271 g/mol. The zero-order valence-electron chi connectivity index (χ0n) is 12.2. The first-order valence-electron chi connectivity index (χ1n) is 6.62. The molecule has 0 atom stereocenters. The molecule has 0 bridgehead atoms. The number of anilines is 1. The summed E-state index contributed by atoms with van der Waals surface area (Å²) in [5, 5.41) is 0. The SMILES string of the molecule is Cc1cc(NN)nc(CN(C)Cc2ccccc2C)n1. The van der Waals surface area contributed by atoms with E-state index in [9.17, 15) is 0 Å². The van der Waals surface area contributed by atoms with Crippen molar-refractivity contribution >= 4 is 5.82 Å². The van der Waals surface area contributed by atoms with E-state index in [0.29, 0.717) is 12.4 Å². The second-order valence-corrected chi connectivity index (χ2v) is 5.05. The molecular weight excluding hydrogens is 250 g/mol. The van der Waals surface area contributed by atoms with Crippen LogP contribution in [0.15, 0.2) is 30.3 Å². The second-order valence-electron chi connectivity index (χ2n) is 5.05. The number of benzene rings is 1. The molecule has 0 unspecified atom stereocenters. The van der Waals surface area contributed by atoms with Crippen LogP contribution in [0.3, 0.4) is 0 Å². The lowest BCUT2D eigenvalue weighted by atomic mass is 10.1. The van der Waals surface area contributed by atoms with Crippen molar-refractivity contribution in [3.63, 3.8) is 0 Å². The lowest BCUT2D eigenvalue weighted by Gasteiger charge is -2.17. The molecule has 1 heterocycles. The van der Waals surface area contributed by atoms with Crippen LogP contribution in [0, 0.1) is 13.8 Å². The summed E-state index contributed by atoms with van der Waals surface area (Å²) in [6, 6.07) is 10.2. The van der Waals surface area contributed by atoms with Crippen molar-refractivity contribution in [2.45, 2.75) is 26.9 Å². The summed E-state index contributed by atoms with van der Waals surface area (Å²) in [4.78, 5) is 11.0. The lowest BCUT2D eigenvalue weighted by Crippen LogP contribution is -2.20. The van der Waals surface area contributed by atoms with Gasteiger partial charge in [0.15, 0.2) is 0 Å². The Morgan fingerprint density at radius 1 is 1.15 bits per heavy atom. The molecule has 1 aromatic heterocycles. The molecule has 0 fully saturated rings. The largest absolute Gasteiger partial charge is 0.308 e. The summed E-state index contributed by atoms with van der Waals surface area (Å²) in [5.74, 6) is 6.83. The second kappa shape index (κ2) is 6.45. The van der Waals surface area contributed by atoms with E-state index in [1.165, 1.54) is 11.1 Å². The Morgan fingerprint density at radius 3 is 2.60 bits per heavy atom. The lowest BCUT2D eigenvalue weighted by molar-refractivity contribution is 0.310. The third-order valence-electron chi connectivity index (χ3n) is 3.16. The summed E-state index contributed by atoms with van der Waals surface area (Å²) in [6.45, 7) is 5.62. The number of aryl methyl sites for hydroxylation is 2. The fraction of sp³-hybridized carbons (Fsp3) is 0.333. The minimum atomic E-state index is 0.650. The van der Waals surface area contributed by atoms with E-state index < -0.39 is 0 Å². The minimum Gasteiger partial charge on any atom is -0.308 e. The van der Waals surface area contributed by atoms with E-state index in [1.807, 2.05) is 13.0 Å². The molecule has 3 N–H and O–H groups in total. The summed E-state index contributed by atoms with van der Waals surface area (Å²) in [6.07, 6.45) is 0. The summed E-state index contributed by atoms with van der Waals surface area (Å²) in [7, 11) is 2.06. The average Bonchev–Trinajstić information content (AvgIpc) is 2.40. The van der Waals surface area contributed by atoms with E-state index in [-0.39, 0.29) is 0 Å². The van der Waals surface area contributed by atoms with Crippen molar-refractivity contribution in [2.24, 2.45) is 5.84 Å². The Hall–Kier alpha value is -1.98. The van der Waals surface area contributed by atoms with Crippen LogP contribution in [0.5, 0.6) is 0 Å². The van der Waals surface area contributed by atoms with Gasteiger partial charge in [0.25, 0.3) is 0 Å². The van der Waals surface area contributed by atoms with Gasteiger partial charge in [-0.25, -0.2) is 15.8 Å². The zero-order valence-corrected chi connectivity index (χ0v) is 12.2. The first-order chi connectivity index (χ1) is 9.58. The third kappa shape index (κ3) is 3.76. The predicted molar refractivity (Wildman–Crippen MR) is 80.9 cm³/mol. The van der Waals surface area contributed by atoms with Gasteiger partial charge in [0.1, 0.15) is 11.6 Å². The van der Waals surface area contributed by atoms with Gasteiger partial charge in [-0.1, -0.05) is 24.3 Å². The highest BCUT2D eigenvalue weighted by Gasteiger charge is 2.07. The summed E-state index contributed by atoms with van der Waals surface area (Å²) < 4.78 is 0. The molecule has 0 amide bonds. The van der Waals surface area contributed by atoms with E-state index in [1.54, 1.807) is 0 Å². The van der Waals surface area contributed by atoms with Crippen LogP contribution in [-0.4, -0.2) is 21.9 Å². The van der Waals surface area contributed by atoms with Crippen molar-refractivity contribution in [1.82, 2.24) is 14.9 Å². The van der Waals surface area contributed by atoms with Crippen molar-refractivity contribution in [1.29, 1.82) is 0 Å². The number of hydrazine groups is 1. The molecular formula is C15H21N5. The van der Waals surface area contributed by atoms with Crippen LogP contribution in [0.1, 0.15) is 22.6 Å². The molecule has 0 aliphatic heterocycles. The molecule has 20 heavy (non-hydrogen) atoms. The minimum absolute atomic E-state index is 0.650. The van der Waals surface area contributed by atoms with Gasteiger partial charge in [-0.05, 0) is 32.0 Å². The Kier molecular flexibility index (Phi) is 4.65. The molecule has 5 heteroatoms. The number of nitrogens with one attached hydrogen (secondary N) is 1. The van der Waals surface area contributed by atoms with E-state index >= 15 is 0 Å². The Balaban J connectivity index is 2.06. The smallest absolute Gasteiger partial charge is 0.145 e. The monoisotopic (exact) mass is 271 g/mol. The van der Waals surface area contributed by atoms with Gasteiger partial charge in [-0.2, -0.15) is 0 Å². The van der Waals surface area contributed by atoms with Crippen LogP contribution >= 0.6 is 0 Å². The van der Waals surface area contributed by atoms with E-state index in [0.717, 1.165) is 18.1 Å². The molecule has 0 aliphatic rings. The topological polar surface area (TPSA) is 67.1 Å². The molecule has 0 spiro atoms. The van der Waals surface area contributed by atoms with Crippen molar-refractivity contribution in [2.75, 3.05) is 12.5 Å². The van der Waals surface area contributed by atoms with Gasteiger partial charge >= 0.3 is 0 Å². The number of rotatable bonds is 5. The first kappa shape index (κ1) is 14.4. The standard InChI is InChI=1S/C15H21N5/c1-11-6-4-5-7-13(11)9-20(3)10-15-17-12(2)8-14(18-15)19-16/h4-8H,9-10,16H2,1-3H3,(H,17,18,19). The number of nitrogens with two attached hydrogens (primary N) is 1. The third-order valence-corrected chi connectivity index (χ3v) is 3.16. The van der Waals surface area contributed by atoms with Gasteiger partial charge in [0, 0.05) is 18.3 Å². The molecule has 2 aromatic rings. The van der Waals surface area contributed by atoms with Gasteiger partial charge in [-0.3, -0.25) is 4.90 Å². The van der Waals surface area contributed by atoms with Gasteiger partial charge in [-0.15, -0.1) is 0 Å². The van der Waals surface area contributed by atoms with Gasteiger partial charge < -0.3 is 5.43 Å². The molecule has 0 radical (unpaired) electrons. The quantitative estimate of drug-likeness (QED) is 0.643. The van der Waals surface area contributed by atoms with Crippen molar-refractivity contribution in [3.05, 3.63) is 53.0 Å². The van der Waals surface area contributed by atoms with Crippen LogP contribution < -0.4 is 11.3 Å². The molecule has 0 aliphatic carbocycles. The normalized spacial score (nSPS) is 10.8. The first-order valence-corrected chi connectivity index (χ1v) is 6.62. The Labute approximate surface area is 119 Å². The number of hydrogen-bond acceptors (Lipinski definition) is 5. The van der Waals surface area contributed by atoms with E-state index in [4.69, 9.17) is 5.84 Å². The van der Waals surface area contributed by atoms with Crippen molar-refractivity contribution in [3.8, 4) is 0 Å². The molecule has 0 saturated heterocycles. The number of nitrogens with zero attached hydrogens (tertiary/aromatic N) is 3. The Bertz CT molecular complexity index is 582. The fourth-order valence-corrected chi connectivity index (χ4v) is 2.15. The molecule has 2 rings (SSSR count). The molecule has 5 nitrogen and oxygen atoms in total. The maximum atomic E-state index is 5.41. The van der Waals surface area contributed by atoms with Crippen LogP contribution in [0.2, 0.25) is 0 Å². The highest BCUT2D eigenvalue weighted by molar-refractivity contribution is 5.34. The van der Waals surface area contributed by atoms with E-state index in [2.05, 4.69) is 58.5 Å². The fourth-order valence-electron chi connectivity index (χ4n) is 2.15. The van der Waals surface area contributed by atoms with Crippen molar-refractivity contribution < 1.29 is 0 Å². The predicted octanol–water partition coefficient (Wildman–Crippen LogP) is 2.01. The Morgan fingerprint density at radius 2 is 1.90 bits per heavy atom. The van der Waals surface area contributed by atoms with Crippen LogP contribution in [0.25, 0.3) is 0 Å². The maximum Gasteiger partial charge on any atom is 0.145 e. The molecule has 1 aromatic carbocycles. The van der Waals surface area contributed by atoms with Gasteiger partial charge in [0.05, 0.1) is 6.54 Å². The number of nitrogen functional groups attached to an aromatic ring is 1. The zero-order chi connectivity index (χ0) is 14.5. The molecule has 0 saturated carbocycles.